The van der Waals surface area contributed by atoms with Gasteiger partial charge in [-0.3, -0.25) is 4.98 Å². The van der Waals surface area contributed by atoms with Crippen LogP contribution in [0.15, 0.2) is 30.7 Å². The molecule has 0 spiro atoms. The molecule has 6 nitrogen and oxygen atoms in total. The van der Waals surface area contributed by atoms with E-state index in [2.05, 4.69) is 15.3 Å². The van der Waals surface area contributed by atoms with Crippen molar-refractivity contribution in [2.24, 2.45) is 0 Å². The zero-order valence-corrected chi connectivity index (χ0v) is 10.7. The summed E-state index contributed by atoms with van der Waals surface area (Å²) in [7, 11) is 1.31. The zero-order valence-electron chi connectivity index (χ0n) is 10.7. The first-order valence-electron chi connectivity index (χ1n) is 5.63. The topological polar surface area (TPSA) is 90.1 Å². The number of nitrogens with one attached hydrogen (secondary N) is 1. The minimum absolute atomic E-state index is 0.283. The summed E-state index contributed by atoms with van der Waals surface area (Å²) in [4.78, 5) is 19.8. The Labute approximate surface area is 110 Å². The predicted octanol–water partition coefficient (Wildman–Crippen LogP) is 1.90. The van der Waals surface area contributed by atoms with Crippen LogP contribution in [-0.4, -0.2) is 23.0 Å². The summed E-state index contributed by atoms with van der Waals surface area (Å²) in [6.07, 6.45) is 4.83. The van der Waals surface area contributed by atoms with Crippen LogP contribution in [0.4, 0.5) is 17.2 Å². The fraction of sp³-hybridized carbons (Fsp3) is 0.154. The van der Waals surface area contributed by atoms with Gasteiger partial charge in [-0.25, -0.2) is 9.78 Å². The number of hydrogen-bond acceptors (Lipinski definition) is 6. The quantitative estimate of drug-likeness (QED) is 0.817. The van der Waals surface area contributed by atoms with Crippen LogP contribution in [0.3, 0.4) is 0 Å². The van der Waals surface area contributed by atoms with Crippen molar-refractivity contribution in [1.29, 1.82) is 0 Å². The smallest absolute Gasteiger partial charge is 0.341 e. The molecule has 0 atom stereocenters. The van der Waals surface area contributed by atoms with Gasteiger partial charge in [0, 0.05) is 6.20 Å². The number of nitrogens with two attached hydrogens (primary N) is 1. The second-order valence-corrected chi connectivity index (χ2v) is 3.97. The molecule has 0 saturated carbocycles. The van der Waals surface area contributed by atoms with Crippen molar-refractivity contribution in [3.63, 3.8) is 0 Å². The molecule has 0 aliphatic heterocycles. The SMILES string of the molecule is COC(=O)c1cc(N)cnc1Nc1cnccc1C. The second kappa shape index (κ2) is 5.34. The molecule has 2 rings (SSSR count). The number of esters is 1. The molecule has 0 bridgehead atoms. The van der Waals surface area contributed by atoms with Crippen LogP contribution >= 0.6 is 0 Å². The van der Waals surface area contributed by atoms with Gasteiger partial charge >= 0.3 is 5.97 Å². The molecule has 2 aromatic heterocycles. The lowest BCUT2D eigenvalue weighted by Gasteiger charge is -2.11. The fourth-order valence-corrected chi connectivity index (χ4v) is 1.57. The summed E-state index contributed by atoms with van der Waals surface area (Å²) in [5, 5.41) is 3.05. The number of hydrogen-bond donors (Lipinski definition) is 2. The van der Waals surface area contributed by atoms with Crippen LogP contribution in [0, 0.1) is 6.92 Å². The number of carbonyl (C=O) groups is 1. The predicted molar refractivity (Wildman–Crippen MR) is 72.2 cm³/mol. The molecule has 0 amide bonds. The monoisotopic (exact) mass is 258 g/mol. The summed E-state index contributed by atoms with van der Waals surface area (Å²) < 4.78 is 4.71. The van der Waals surface area contributed by atoms with E-state index < -0.39 is 5.97 Å². The number of rotatable bonds is 3. The highest BCUT2D eigenvalue weighted by molar-refractivity contribution is 5.96. The van der Waals surface area contributed by atoms with Gasteiger partial charge in [-0.05, 0) is 24.6 Å². The van der Waals surface area contributed by atoms with Gasteiger partial charge in [-0.15, -0.1) is 0 Å². The minimum atomic E-state index is -0.496. The molecule has 6 heteroatoms. The Kier molecular flexibility index (Phi) is 3.61. The molecule has 0 aliphatic carbocycles. The van der Waals surface area contributed by atoms with Crippen LogP contribution in [0.2, 0.25) is 0 Å². The third kappa shape index (κ3) is 2.79. The van der Waals surface area contributed by atoms with Crippen molar-refractivity contribution >= 4 is 23.2 Å². The molecule has 0 unspecified atom stereocenters. The van der Waals surface area contributed by atoms with Gasteiger partial charge in [0.25, 0.3) is 0 Å². The lowest BCUT2D eigenvalue weighted by Crippen LogP contribution is -2.09. The number of aryl methyl sites for hydroxylation is 1. The molecular formula is C13H14N4O2. The Bertz CT molecular complexity index is 613. The van der Waals surface area contributed by atoms with Crippen molar-refractivity contribution in [3.8, 4) is 0 Å². The van der Waals surface area contributed by atoms with Crippen molar-refractivity contribution in [3.05, 3.63) is 41.9 Å². The number of methoxy groups -OCH3 is 1. The van der Waals surface area contributed by atoms with Gasteiger partial charge < -0.3 is 15.8 Å². The molecule has 3 N–H and O–H groups in total. The number of ether oxygens (including phenoxy) is 1. The molecular weight excluding hydrogens is 244 g/mol. The van der Waals surface area contributed by atoms with Gasteiger partial charge in [-0.2, -0.15) is 0 Å². The van der Waals surface area contributed by atoms with E-state index in [4.69, 9.17) is 10.5 Å². The Morgan fingerprint density at radius 3 is 2.89 bits per heavy atom. The van der Waals surface area contributed by atoms with E-state index in [-0.39, 0.29) is 5.56 Å². The van der Waals surface area contributed by atoms with Gasteiger partial charge in [0.05, 0.1) is 30.9 Å². The maximum absolute atomic E-state index is 11.7. The standard InChI is InChI=1S/C13H14N4O2/c1-8-3-4-15-7-11(8)17-12-10(13(18)19-2)5-9(14)6-16-12/h3-7H,14H2,1-2H3,(H,16,17). The Hall–Kier alpha value is -2.63. The Morgan fingerprint density at radius 2 is 2.21 bits per heavy atom. The largest absolute Gasteiger partial charge is 0.465 e. The van der Waals surface area contributed by atoms with Crippen LogP contribution in [0.25, 0.3) is 0 Å². The third-order valence-corrected chi connectivity index (χ3v) is 2.61. The van der Waals surface area contributed by atoms with E-state index in [9.17, 15) is 4.79 Å². The summed E-state index contributed by atoms with van der Waals surface area (Å²) in [5.41, 5.74) is 8.07. The Morgan fingerprint density at radius 1 is 1.42 bits per heavy atom. The van der Waals surface area contributed by atoms with Gasteiger partial charge in [0.15, 0.2) is 0 Å². The summed E-state index contributed by atoms with van der Waals surface area (Å²) in [6.45, 7) is 1.93. The third-order valence-electron chi connectivity index (χ3n) is 2.61. The molecule has 2 heterocycles. The van der Waals surface area contributed by atoms with E-state index >= 15 is 0 Å². The lowest BCUT2D eigenvalue weighted by molar-refractivity contribution is 0.0601. The van der Waals surface area contributed by atoms with Crippen LogP contribution < -0.4 is 11.1 Å². The average molecular weight is 258 g/mol. The highest BCUT2D eigenvalue weighted by atomic mass is 16.5. The lowest BCUT2D eigenvalue weighted by atomic mass is 10.2. The number of nitrogens with zero attached hydrogens (tertiary/aromatic N) is 2. The number of pyridine rings is 2. The number of aromatic nitrogens is 2. The van der Waals surface area contributed by atoms with Gasteiger partial charge in [-0.1, -0.05) is 0 Å². The molecule has 98 valence electrons. The number of anilines is 3. The molecule has 19 heavy (non-hydrogen) atoms. The fourth-order valence-electron chi connectivity index (χ4n) is 1.57. The van der Waals surface area contributed by atoms with Crippen molar-refractivity contribution < 1.29 is 9.53 Å². The number of carbonyl (C=O) groups excluding carboxylic acids is 1. The molecule has 0 aliphatic rings. The first kappa shape index (κ1) is 12.8. The van der Waals surface area contributed by atoms with E-state index in [1.807, 2.05) is 13.0 Å². The van der Waals surface area contributed by atoms with Gasteiger partial charge in [0.1, 0.15) is 11.4 Å². The molecule has 0 radical (unpaired) electrons. The van der Waals surface area contributed by atoms with E-state index in [0.29, 0.717) is 11.5 Å². The highest BCUT2D eigenvalue weighted by Crippen LogP contribution is 2.22. The summed E-state index contributed by atoms with van der Waals surface area (Å²) in [5.74, 6) is -0.110. The van der Waals surface area contributed by atoms with Crippen LogP contribution in [-0.2, 0) is 4.74 Å². The van der Waals surface area contributed by atoms with Gasteiger partial charge in [0.2, 0.25) is 0 Å². The van der Waals surface area contributed by atoms with Crippen molar-refractivity contribution in [1.82, 2.24) is 9.97 Å². The molecule has 0 fully saturated rings. The average Bonchev–Trinajstić information content (AvgIpc) is 2.42. The van der Waals surface area contributed by atoms with E-state index in [1.54, 1.807) is 12.4 Å². The normalized spacial score (nSPS) is 10.0. The van der Waals surface area contributed by atoms with Crippen molar-refractivity contribution in [2.75, 3.05) is 18.2 Å². The second-order valence-electron chi connectivity index (χ2n) is 3.97. The Balaban J connectivity index is 2.40. The maximum Gasteiger partial charge on any atom is 0.341 e. The highest BCUT2D eigenvalue weighted by Gasteiger charge is 2.14. The summed E-state index contributed by atoms with van der Waals surface area (Å²) >= 11 is 0. The molecule has 0 aromatic carbocycles. The first-order valence-corrected chi connectivity index (χ1v) is 5.63. The van der Waals surface area contributed by atoms with E-state index in [1.165, 1.54) is 19.4 Å². The van der Waals surface area contributed by atoms with E-state index in [0.717, 1.165) is 11.3 Å². The zero-order chi connectivity index (χ0) is 13.8. The molecule has 0 saturated heterocycles. The summed E-state index contributed by atoms with van der Waals surface area (Å²) in [6, 6.07) is 3.38. The first-order chi connectivity index (χ1) is 9.11. The number of nitrogen functional groups attached to an aromatic ring is 1. The van der Waals surface area contributed by atoms with Crippen LogP contribution in [0.5, 0.6) is 0 Å². The minimum Gasteiger partial charge on any atom is -0.465 e. The van der Waals surface area contributed by atoms with Crippen LogP contribution in [0.1, 0.15) is 15.9 Å². The maximum atomic E-state index is 11.7. The van der Waals surface area contributed by atoms with Crippen molar-refractivity contribution in [2.45, 2.75) is 6.92 Å². The molecule has 2 aromatic rings.